The van der Waals surface area contributed by atoms with E-state index in [1.165, 1.54) is 0 Å². The molecule has 7 rings (SSSR count). The van der Waals surface area contributed by atoms with Crippen LogP contribution >= 0.6 is 0 Å². The summed E-state index contributed by atoms with van der Waals surface area (Å²) in [6.07, 6.45) is 4.45. The number of rotatable bonds is 12. The smallest absolute Gasteiger partial charge is 0.228 e. The summed E-state index contributed by atoms with van der Waals surface area (Å²) in [5.41, 5.74) is 3.85. The van der Waals surface area contributed by atoms with Crippen LogP contribution in [0.5, 0.6) is 0 Å². The molecule has 0 aliphatic carbocycles. The lowest BCUT2D eigenvalue weighted by atomic mass is 10.1. The topological polar surface area (TPSA) is 191 Å². The molecule has 4 atom stereocenters. The molecular weight excluding hydrogens is 702 g/mol. The number of β-amino-alcohol motifs (C(OH)–C–C–N with tert-alkyl or cyclic N) is 2. The largest absolute Gasteiger partial charge is 0.436 e. The Kier molecular flexibility index (Phi) is 11.3. The van der Waals surface area contributed by atoms with Crippen LogP contribution < -0.4 is 10.6 Å². The minimum Gasteiger partial charge on any atom is -0.436 e. The van der Waals surface area contributed by atoms with Gasteiger partial charge < -0.3 is 35.1 Å². The van der Waals surface area contributed by atoms with Crippen LogP contribution in [0.3, 0.4) is 0 Å². The van der Waals surface area contributed by atoms with Gasteiger partial charge in [0.2, 0.25) is 29.5 Å². The summed E-state index contributed by atoms with van der Waals surface area (Å²) >= 11 is 0. The number of anilines is 2. The van der Waals surface area contributed by atoms with Crippen molar-refractivity contribution in [1.29, 1.82) is 0 Å². The van der Waals surface area contributed by atoms with Gasteiger partial charge in [0.15, 0.2) is 5.76 Å². The minimum atomic E-state index is -0.688. The van der Waals surface area contributed by atoms with E-state index in [1.54, 1.807) is 101 Å². The van der Waals surface area contributed by atoms with Crippen molar-refractivity contribution in [2.24, 2.45) is 0 Å². The number of benzene rings is 2. The number of hydrogen-bond donors (Lipinski definition) is 4. The molecule has 55 heavy (non-hydrogen) atoms. The average Bonchev–Trinajstić information content (AvgIpc) is 3.91. The van der Waals surface area contributed by atoms with E-state index in [2.05, 4.69) is 25.6 Å². The first-order valence-electron chi connectivity index (χ1n) is 18.2. The number of aliphatic hydroxyl groups excluding tert-OH is 2. The Morgan fingerprint density at radius 2 is 1.11 bits per heavy atom. The van der Waals surface area contributed by atoms with E-state index in [0.717, 1.165) is 5.56 Å². The van der Waals surface area contributed by atoms with E-state index in [9.17, 15) is 29.4 Å². The maximum atomic E-state index is 13.0. The summed E-state index contributed by atoms with van der Waals surface area (Å²) in [5, 5.41) is 26.3. The number of pyridine rings is 2. The van der Waals surface area contributed by atoms with Gasteiger partial charge in [-0.25, -0.2) is 4.98 Å². The van der Waals surface area contributed by atoms with Crippen LogP contribution in [-0.2, 0) is 32.0 Å². The predicted molar refractivity (Wildman–Crippen MR) is 202 cm³/mol. The number of aliphatic hydroxyl groups is 2. The SMILES string of the molecule is O=C(C[C@@H]1C[C@@H](O)CN1C(=O)Cc1ccccn1)Nc1ccc(-c2cnc(-c3ccc(NC(=O)C[C@@H]4C[C@@H](O)CN4C(=O)Cc4ccccn4)cc3)o2)cc1. The fourth-order valence-electron chi connectivity index (χ4n) is 7.11. The van der Waals surface area contributed by atoms with Crippen LogP contribution in [0.2, 0.25) is 0 Å². The average molecular weight is 744 g/mol. The molecule has 4 amide bonds. The van der Waals surface area contributed by atoms with Crippen molar-refractivity contribution < 1.29 is 33.8 Å². The maximum absolute atomic E-state index is 13.0. The molecule has 0 bridgehead atoms. The predicted octanol–water partition coefficient (Wildman–Crippen LogP) is 3.86. The summed E-state index contributed by atoms with van der Waals surface area (Å²) < 4.78 is 6.03. The van der Waals surface area contributed by atoms with Crippen molar-refractivity contribution in [1.82, 2.24) is 24.8 Å². The van der Waals surface area contributed by atoms with Gasteiger partial charge in [0, 0.05) is 84.3 Å². The molecule has 5 heterocycles. The van der Waals surface area contributed by atoms with Crippen molar-refractivity contribution >= 4 is 35.0 Å². The molecule has 5 aromatic rings. The number of carbonyl (C=O) groups excluding carboxylic acids is 4. The molecule has 0 saturated carbocycles. The first-order valence-corrected chi connectivity index (χ1v) is 18.2. The molecule has 2 saturated heterocycles. The highest BCUT2D eigenvalue weighted by atomic mass is 16.4. The molecule has 2 aromatic carbocycles. The van der Waals surface area contributed by atoms with Gasteiger partial charge in [-0.05, 0) is 85.6 Å². The van der Waals surface area contributed by atoms with Crippen LogP contribution in [-0.4, -0.2) is 96.0 Å². The molecular formula is C41H41N7O7. The lowest BCUT2D eigenvalue weighted by Gasteiger charge is -2.24. The molecule has 4 N–H and O–H groups in total. The van der Waals surface area contributed by atoms with Gasteiger partial charge in [0.1, 0.15) is 0 Å². The fraction of sp³-hybridized carbons (Fsp3) is 0.293. The molecule has 0 unspecified atom stereocenters. The minimum absolute atomic E-state index is 0.0515. The summed E-state index contributed by atoms with van der Waals surface area (Å²) in [5.74, 6) is 0.00799. The molecule has 3 aromatic heterocycles. The molecule has 14 nitrogen and oxygen atoms in total. The van der Waals surface area contributed by atoms with Gasteiger partial charge in [-0.2, -0.15) is 0 Å². The zero-order valence-corrected chi connectivity index (χ0v) is 30.0. The fourth-order valence-corrected chi connectivity index (χ4v) is 7.11. The van der Waals surface area contributed by atoms with Gasteiger partial charge in [0.05, 0.1) is 31.2 Å². The van der Waals surface area contributed by atoms with E-state index in [4.69, 9.17) is 4.42 Å². The van der Waals surface area contributed by atoms with Gasteiger partial charge in [-0.3, -0.25) is 29.1 Å². The van der Waals surface area contributed by atoms with E-state index in [0.29, 0.717) is 52.8 Å². The van der Waals surface area contributed by atoms with Gasteiger partial charge >= 0.3 is 0 Å². The molecule has 2 aliphatic rings. The Hall–Kier alpha value is -6.25. The quantitative estimate of drug-likeness (QED) is 0.146. The van der Waals surface area contributed by atoms with Crippen molar-refractivity contribution in [2.75, 3.05) is 23.7 Å². The van der Waals surface area contributed by atoms with Crippen LogP contribution in [0.1, 0.15) is 37.1 Å². The van der Waals surface area contributed by atoms with Crippen LogP contribution in [0.15, 0.2) is 108 Å². The second-order valence-electron chi connectivity index (χ2n) is 13.9. The normalized spacial score (nSPS) is 19.3. The number of hydrogen-bond acceptors (Lipinski definition) is 10. The van der Waals surface area contributed by atoms with Crippen LogP contribution in [0, 0.1) is 0 Å². The van der Waals surface area contributed by atoms with E-state index in [-0.39, 0.29) is 62.4 Å². The molecule has 2 fully saturated rings. The third-order valence-corrected chi connectivity index (χ3v) is 9.76. The van der Waals surface area contributed by atoms with Crippen LogP contribution in [0.25, 0.3) is 22.8 Å². The summed E-state index contributed by atoms with van der Waals surface area (Å²) in [4.78, 5) is 67.8. The van der Waals surface area contributed by atoms with E-state index < -0.39 is 24.3 Å². The highest BCUT2D eigenvalue weighted by Crippen LogP contribution is 2.29. The standard InChI is InChI=1S/C41H41N7O7/c49-34-19-32(47(24-34)39(53)17-30-5-1-3-15-42-30)21-37(51)45-28-11-7-26(8-12-28)36-23-44-41(55-36)27-9-13-29(14-10-27)46-38(52)22-33-20-35(50)25-48(33)40(54)18-31-6-2-4-16-43-31/h1-16,23,32-35,49-50H,17-22,24-25H2,(H,45,51)(H,46,52)/t32-,33-,34+,35+/m0/s1. The molecule has 0 spiro atoms. The van der Waals surface area contributed by atoms with Gasteiger partial charge in [-0.1, -0.05) is 12.1 Å². The molecule has 14 heteroatoms. The Bertz CT molecular complexity index is 1960. The number of nitrogens with zero attached hydrogens (tertiary/aromatic N) is 5. The van der Waals surface area contributed by atoms with Crippen molar-refractivity contribution in [3.05, 3.63) is 115 Å². The van der Waals surface area contributed by atoms with Crippen LogP contribution in [0.4, 0.5) is 11.4 Å². The number of nitrogens with one attached hydrogen (secondary N) is 2. The molecule has 282 valence electrons. The molecule has 0 radical (unpaired) electrons. The highest BCUT2D eigenvalue weighted by Gasteiger charge is 2.36. The maximum Gasteiger partial charge on any atom is 0.228 e. The zero-order valence-electron chi connectivity index (χ0n) is 30.0. The number of oxazole rings is 1. The lowest BCUT2D eigenvalue weighted by molar-refractivity contribution is -0.133. The number of carbonyl (C=O) groups is 4. The highest BCUT2D eigenvalue weighted by molar-refractivity contribution is 5.93. The van der Waals surface area contributed by atoms with Crippen molar-refractivity contribution in [2.45, 2.75) is 62.8 Å². The van der Waals surface area contributed by atoms with Gasteiger partial charge in [-0.15, -0.1) is 0 Å². The number of likely N-dealkylation sites (tertiary alicyclic amines) is 2. The monoisotopic (exact) mass is 743 g/mol. The third-order valence-electron chi connectivity index (χ3n) is 9.76. The second kappa shape index (κ2) is 16.8. The van der Waals surface area contributed by atoms with Crippen molar-refractivity contribution in [3.8, 4) is 22.8 Å². The lowest BCUT2D eigenvalue weighted by Crippen LogP contribution is -2.39. The summed E-state index contributed by atoms with van der Waals surface area (Å²) in [6, 6.07) is 24.0. The summed E-state index contributed by atoms with van der Waals surface area (Å²) in [6.45, 7) is 0.366. The first-order chi connectivity index (χ1) is 26.7. The third kappa shape index (κ3) is 9.47. The number of amides is 4. The van der Waals surface area contributed by atoms with E-state index >= 15 is 0 Å². The molecule has 2 aliphatic heterocycles. The Balaban J connectivity index is 0.897. The Morgan fingerprint density at radius 3 is 1.56 bits per heavy atom. The van der Waals surface area contributed by atoms with E-state index in [1.807, 2.05) is 12.1 Å². The number of aromatic nitrogens is 3. The van der Waals surface area contributed by atoms with Crippen molar-refractivity contribution in [3.63, 3.8) is 0 Å². The first kappa shape index (κ1) is 37.1. The second-order valence-corrected chi connectivity index (χ2v) is 13.9. The Labute approximate surface area is 317 Å². The Morgan fingerprint density at radius 1 is 0.636 bits per heavy atom. The van der Waals surface area contributed by atoms with Gasteiger partial charge in [0.25, 0.3) is 0 Å². The summed E-state index contributed by atoms with van der Waals surface area (Å²) in [7, 11) is 0. The zero-order chi connectivity index (χ0) is 38.3.